The first-order valence-corrected chi connectivity index (χ1v) is 5.51. The molecule has 0 amide bonds. The first kappa shape index (κ1) is 10.4. The molecule has 2 fully saturated rings. The van der Waals surface area contributed by atoms with Crippen molar-refractivity contribution in [3.63, 3.8) is 0 Å². The number of hydrogen-bond donors (Lipinski definition) is 0. The van der Waals surface area contributed by atoms with Crippen LogP contribution in [0.25, 0.3) is 0 Å². The number of hydrogen-bond acceptors (Lipinski definition) is 3. The molecule has 3 unspecified atom stereocenters. The van der Waals surface area contributed by atoms with Crippen LogP contribution in [0.15, 0.2) is 0 Å². The third kappa shape index (κ3) is 1.47. The predicted molar refractivity (Wildman–Crippen MR) is 53.1 cm³/mol. The van der Waals surface area contributed by atoms with Crippen molar-refractivity contribution in [3.05, 3.63) is 0 Å². The molecule has 3 atom stereocenters. The van der Waals surface area contributed by atoms with Gasteiger partial charge in [-0.3, -0.25) is 0 Å². The Labute approximate surface area is 85.7 Å². The fraction of sp³-hybridized carbons (Fsp3) is 1.00. The van der Waals surface area contributed by atoms with Crippen molar-refractivity contribution in [1.29, 1.82) is 0 Å². The summed E-state index contributed by atoms with van der Waals surface area (Å²) in [5, 5.41) is 0. The summed E-state index contributed by atoms with van der Waals surface area (Å²) in [7, 11) is 1.70. The average Bonchev–Trinajstić information content (AvgIpc) is 2.56. The maximum absolute atomic E-state index is 5.96. The van der Waals surface area contributed by atoms with E-state index in [9.17, 15) is 0 Å². The molecule has 82 valence electrons. The summed E-state index contributed by atoms with van der Waals surface area (Å²) in [5.74, 6) is -0.433. The SMILES string of the molecule is CCCC1(C)OCC2(OC)CCC1O2. The van der Waals surface area contributed by atoms with Gasteiger partial charge in [0.1, 0.15) is 6.61 Å². The highest BCUT2D eigenvalue weighted by molar-refractivity contribution is 4.97. The summed E-state index contributed by atoms with van der Waals surface area (Å²) in [4.78, 5) is 0. The predicted octanol–water partition coefficient (Wildman–Crippen LogP) is 2.10. The van der Waals surface area contributed by atoms with Crippen molar-refractivity contribution in [2.45, 2.75) is 57.0 Å². The lowest BCUT2D eigenvalue weighted by atomic mass is 9.92. The molecule has 0 N–H and O–H groups in total. The molecule has 0 saturated carbocycles. The van der Waals surface area contributed by atoms with Crippen molar-refractivity contribution in [1.82, 2.24) is 0 Å². The molecular formula is C11H20O3. The maximum atomic E-state index is 5.96. The largest absolute Gasteiger partial charge is 0.367 e. The molecule has 2 rings (SSSR count). The number of rotatable bonds is 3. The Morgan fingerprint density at radius 1 is 1.50 bits per heavy atom. The molecule has 2 saturated heterocycles. The molecule has 2 bridgehead atoms. The zero-order valence-electron chi connectivity index (χ0n) is 9.34. The van der Waals surface area contributed by atoms with Crippen LogP contribution >= 0.6 is 0 Å². The summed E-state index contributed by atoms with van der Waals surface area (Å²) < 4.78 is 17.3. The van der Waals surface area contributed by atoms with Gasteiger partial charge in [-0.15, -0.1) is 0 Å². The van der Waals surface area contributed by atoms with E-state index < -0.39 is 5.79 Å². The van der Waals surface area contributed by atoms with E-state index in [1.807, 2.05) is 0 Å². The van der Waals surface area contributed by atoms with Gasteiger partial charge in [-0.25, -0.2) is 0 Å². The van der Waals surface area contributed by atoms with Crippen LogP contribution in [0, 0.1) is 0 Å². The van der Waals surface area contributed by atoms with Gasteiger partial charge >= 0.3 is 0 Å². The van der Waals surface area contributed by atoms with Gasteiger partial charge in [-0.05, 0) is 19.8 Å². The van der Waals surface area contributed by atoms with E-state index in [2.05, 4.69) is 13.8 Å². The molecule has 2 heterocycles. The Hall–Kier alpha value is -0.120. The molecule has 0 spiro atoms. The zero-order chi connectivity index (χ0) is 10.2. The first-order chi connectivity index (χ1) is 6.64. The Morgan fingerprint density at radius 2 is 2.29 bits per heavy atom. The number of ether oxygens (including phenoxy) is 3. The van der Waals surface area contributed by atoms with Gasteiger partial charge in [0.2, 0.25) is 0 Å². The lowest BCUT2D eigenvalue weighted by Gasteiger charge is -2.43. The molecule has 2 aliphatic rings. The van der Waals surface area contributed by atoms with Gasteiger partial charge in [0.05, 0.1) is 11.7 Å². The summed E-state index contributed by atoms with van der Waals surface area (Å²) in [6, 6.07) is 0. The fourth-order valence-corrected chi connectivity index (χ4v) is 2.57. The number of fused-ring (bicyclic) bond motifs is 2. The second-order valence-corrected chi connectivity index (χ2v) is 4.61. The molecule has 0 aromatic rings. The van der Waals surface area contributed by atoms with E-state index in [1.165, 1.54) is 0 Å². The highest BCUT2D eigenvalue weighted by atomic mass is 16.7. The van der Waals surface area contributed by atoms with Gasteiger partial charge < -0.3 is 14.2 Å². The third-order valence-electron chi connectivity index (χ3n) is 3.57. The van der Waals surface area contributed by atoms with Crippen molar-refractivity contribution in [2.75, 3.05) is 13.7 Å². The van der Waals surface area contributed by atoms with Crippen LogP contribution in [-0.4, -0.2) is 31.2 Å². The van der Waals surface area contributed by atoms with Crippen LogP contribution in [0.3, 0.4) is 0 Å². The summed E-state index contributed by atoms with van der Waals surface area (Å²) in [6.07, 6.45) is 4.45. The minimum atomic E-state index is -0.433. The second-order valence-electron chi connectivity index (χ2n) is 4.61. The minimum absolute atomic E-state index is 0.0900. The molecular weight excluding hydrogens is 180 g/mol. The van der Waals surface area contributed by atoms with E-state index in [0.29, 0.717) is 6.61 Å². The van der Waals surface area contributed by atoms with Crippen molar-refractivity contribution >= 4 is 0 Å². The standard InChI is InChI=1S/C11H20O3/c1-4-6-10(2)9-5-7-11(12-3,14-9)8-13-10/h9H,4-8H2,1-3H3. The molecule has 3 heteroatoms. The van der Waals surface area contributed by atoms with Crippen molar-refractivity contribution in [2.24, 2.45) is 0 Å². The Bertz CT molecular complexity index is 219. The monoisotopic (exact) mass is 200 g/mol. The normalized spacial score (nSPS) is 46.9. The van der Waals surface area contributed by atoms with Gasteiger partial charge in [-0.1, -0.05) is 13.3 Å². The molecule has 0 aliphatic carbocycles. The molecule has 0 radical (unpaired) electrons. The van der Waals surface area contributed by atoms with E-state index in [4.69, 9.17) is 14.2 Å². The van der Waals surface area contributed by atoms with Crippen LogP contribution in [0.1, 0.15) is 39.5 Å². The van der Waals surface area contributed by atoms with Crippen LogP contribution in [0.5, 0.6) is 0 Å². The minimum Gasteiger partial charge on any atom is -0.367 e. The van der Waals surface area contributed by atoms with Crippen LogP contribution in [0.2, 0.25) is 0 Å². The number of methoxy groups -OCH3 is 1. The van der Waals surface area contributed by atoms with Gasteiger partial charge in [0.15, 0.2) is 5.79 Å². The lowest BCUT2D eigenvalue weighted by molar-refractivity contribution is -0.320. The van der Waals surface area contributed by atoms with E-state index in [1.54, 1.807) is 7.11 Å². The highest BCUT2D eigenvalue weighted by Gasteiger charge is 2.53. The summed E-state index contributed by atoms with van der Waals surface area (Å²) >= 11 is 0. The van der Waals surface area contributed by atoms with Gasteiger partial charge in [-0.2, -0.15) is 0 Å². The van der Waals surface area contributed by atoms with E-state index >= 15 is 0 Å². The quantitative estimate of drug-likeness (QED) is 0.698. The summed E-state index contributed by atoms with van der Waals surface area (Å²) in [6.45, 7) is 4.92. The van der Waals surface area contributed by atoms with Gasteiger partial charge in [0.25, 0.3) is 0 Å². The Balaban J connectivity index is 2.09. The Morgan fingerprint density at radius 3 is 2.93 bits per heavy atom. The molecule has 14 heavy (non-hydrogen) atoms. The molecule has 0 aromatic heterocycles. The lowest BCUT2D eigenvalue weighted by Crippen LogP contribution is -2.53. The zero-order valence-corrected chi connectivity index (χ0v) is 9.34. The molecule has 2 aliphatic heterocycles. The van der Waals surface area contributed by atoms with E-state index in [-0.39, 0.29) is 11.7 Å². The fourth-order valence-electron chi connectivity index (χ4n) is 2.57. The van der Waals surface area contributed by atoms with E-state index in [0.717, 1.165) is 25.7 Å². The first-order valence-electron chi connectivity index (χ1n) is 5.51. The summed E-state index contributed by atoms with van der Waals surface area (Å²) in [5.41, 5.74) is -0.0900. The second kappa shape index (κ2) is 3.47. The molecule has 3 nitrogen and oxygen atoms in total. The third-order valence-corrected chi connectivity index (χ3v) is 3.57. The average molecular weight is 200 g/mol. The van der Waals surface area contributed by atoms with Crippen LogP contribution in [-0.2, 0) is 14.2 Å². The smallest absolute Gasteiger partial charge is 0.192 e. The maximum Gasteiger partial charge on any atom is 0.192 e. The van der Waals surface area contributed by atoms with Crippen molar-refractivity contribution in [3.8, 4) is 0 Å². The Kier molecular flexibility index (Phi) is 2.58. The van der Waals surface area contributed by atoms with Crippen LogP contribution < -0.4 is 0 Å². The topological polar surface area (TPSA) is 27.7 Å². The highest BCUT2D eigenvalue weighted by Crippen LogP contribution is 2.44. The van der Waals surface area contributed by atoms with Crippen molar-refractivity contribution < 1.29 is 14.2 Å². The molecule has 0 aromatic carbocycles. The van der Waals surface area contributed by atoms with Gasteiger partial charge in [0, 0.05) is 13.5 Å². The van der Waals surface area contributed by atoms with Crippen LogP contribution in [0.4, 0.5) is 0 Å².